The van der Waals surface area contributed by atoms with Crippen LogP contribution in [0.15, 0.2) is 28.7 Å². The minimum absolute atomic E-state index is 0.457. The van der Waals surface area contributed by atoms with Crippen LogP contribution in [0.5, 0.6) is 0 Å². The molecule has 0 saturated heterocycles. The summed E-state index contributed by atoms with van der Waals surface area (Å²) < 4.78 is 5.68. The SMILES string of the molecule is CCc1cc(Br)c2cccc3c2c1C(=O)OC3=O. The molecule has 0 bridgehead atoms. The highest BCUT2D eigenvalue weighted by Crippen LogP contribution is 2.35. The number of hydrogen-bond acceptors (Lipinski definition) is 3. The number of aryl methyl sites for hydroxylation is 1. The van der Waals surface area contributed by atoms with Crippen molar-refractivity contribution in [2.75, 3.05) is 0 Å². The van der Waals surface area contributed by atoms with E-state index in [4.69, 9.17) is 4.74 Å². The second kappa shape index (κ2) is 3.92. The lowest BCUT2D eigenvalue weighted by molar-refractivity contribution is 0.0390. The van der Waals surface area contributed by atoms with Crippen molar-refractivity contribution < 1.29 is 14.3 Å². The van der Waals surface area contributed by atoms with Gasteiger partial charge in [-0.05, 0) is 29.5 Å². The van der Waals surface area contributed by atoms with Crippen LogP contribution in [0.2, 0.25) is 0 Å². The monoisotopic (exact) mass is 304 g/mol. The van der Waals surface area contributed by atoms with Crippen LogP contribution in [0, 0.1) is 0 Å². The first-order valence-corrected chi connectivity index (χ1v) is 6.43. The van der Waals surface area contributed by atoms with Crippen molar-refractivity contribution in [3.05, 3.63) is 45.4 Å². The summed E-state index contributed by atoms with van der Waals surface area (Å²) in [6.45, 7) is 1.97. The summed E-state index contributed by atoms with van der Waals surface area (Å²) in [5, 5.41) is 1.56. The van der Waals surface area contributed by atoms with E-state index in [2.05, 4.69) is 15.9 Å². The molecular weight excluding hydrogens is 296 g/mol. The first kappa shape index (κ1) is 11.4. The van der Waals surface area contributed by atoms with Crippen molar-refractivity contribution >= 4 is 38.6 Å². The zero-order valence-electron chi connectivity index (χ0n) is 9.62. The zero-order valence-corrected chi connectivity index (χ0v) is 11.2. The molecule has 0 N–H and O–H groups in total. The topological polar surface area (TPSA) is 43.4 Å². The quantitative estimate of drug-likeness (QED) is 0.598. The third-order valence-electron chi connectivity index (χ3n) is 3.18. The molecule has 3 nitrogen and oxygen atoms in total. The molecule has 0 fully saturated rings. The number of carbonyl (C=O) groups is 2. The molecule has 0 radical (unpaired) electrons. The lowest BCUT2D eigenvalue weighted by Crippen LogP contribution is -2.21. The van der Waals surface area contributed by atoms with E-state index in [1.807, 2.05) is 19.1 Å². The van der Waals surface area contributed by atoms with Gasteiger partial charge in [0.05, 0.1) is 11.1 Å². The van der Waals surface area contributed by atoms with E-state index in [-0.39, 0.29) is 0 Å². The van der Waals surface area contributed by atoms with Crippen molar-refractivity contribution in [2.24, 2.45) is 0 Å². The number of cyclic esters (lactones) is 2. The first-order valence-electron chi connectivity index (χ1n) is 5.64. The minimum atomic E-state index is -0.571. The lowest BCUT2D eigenvalue weighted by Gasteiger charge is -2.18. The van der Waals surface area contributed by atoms with Crippen LogP contribution in [-0.4, -0.2) is 11.9 Å². The second-order valence-corrected chi connectivity index (χ2v) is 5.01. The van der Waals surface area contributed by atoms with Gasteiger partial charge in [0.15, 0.2) is 0 Å². The van der Waals surface area contributed by atoms with E-state index in [0.717, 1.165) is 15.4 Å². The summed E-state index contributed by atoms with van der Waals surface area (Å²) in [5.41, 5.74) is 1.86. The molecule has 1 aliphatic heterocycles. The van der Waals surface area contributed by atoms with Crippen LogP contribution in [0.3, 0.4) is 0 Å². The van der Waals surface area contributed by atoms with Gasteiger partial charge in [0.2, 0.25) is 0 Å². The Labute approximate surface area is 112 Å². The molecular formula is C14H9BrO3. The number of ether oxygens (including phenoxy) is 1. The normalized spacial score (nSPS) is 13.9. The second-order valence-electron chi connectivity index (χ2n) is 4.15. The Balaban J connectivity index is 2.57. The standard InChI is InChI=1S/C14H9BrO3/c1-2-7-6-10(15)8-4-3-5-9-12(8)11(7)14(17)18-13(9)16/h3-6H,2H2,1H3. The predicted molar refractivity (Wildman–Crippen MR) is 70.8 cm³/mol. The molecule has 2 aromatic rings. The number of halogens is 1. The highest BCUT2D eigenvalue weighted by molar-refractivity contribution is 9.10. The van der Waals surface area contributed by atoms with Gasteiger partial charge in [0.1, 0.15) is 0 Å². The molecule has 3 rings (SSSR count). The molecule has 2 aromatic carbocycles. The van der Waals surface area contributed by atoms with E-state index in [0.29, 0.717) is 22.9 Å². The number of rotatable bonds is 1. The summed E-state index contributed by atoms with van der Waals surface area (Å²) in [5.74, 6) is -1.12. The van der Waals surface area contributed by atoms with Crippen LogP contribution < -0.4 is 0 Å². The molecule has 90 valence electrons. The van der Waals surface area contributed by atoms with E-state index in [1.54, 1.807) is 12.1 Å². The average Bonchev–Trinajstić information content (AvgIpc) is 2.36. The molecule has 1 heterocycles. The third kappa shape index (κ3) is 1.42. The maximum absolute atomic E-state index is 11.9. The summed E-state index contributed by atoms with van der Waals surface area (Å²) in [4.78, 5) is 23.7. The smallest absolute Gasteiger partial charge is 0.346 e. The van der Waals surface area contributed by atoms with Crippen LogP contribution in [0.25, 0.3) is 10.8 Å². The van der Waals surface area contributed by atoms with Crippen LogP contribution in [0.4, 0.5) is 0 Å². The van der Waals surface area contributed by atoms with Gasteiger partial charge in [-0.3, -0.25) is 0 Å². The van der Waals surface area contributed by atoms with E-state index in [1.165, 1.54) is 0 Å². The summed E-state index contributed by atoms with van der Waals surface area (Å²) in [6, 6.07) is 7.28. The Morgan fingerprint density at radius 3 is 2.72 bits per heavy atom. The van der Waals surface area contributed by atoms with Gasteiger partial charge in [-0.25, -0.2) is 9.59 Å². The lowest BCUT2D eigenvalue weighted by atomic mass is 9.92. The Morgan fingerprint density at radius 1 is 1.22 bits per heavy atom. The predicted octanol–water partition coefficient (Wildman–Crippen LogP) is 3.48. The molecule has 0 saturated carbocycles. The largest absolute Gasteiger partial charge is 0.386 e. The summed E-state index contributed by atoms with van der Waals surface area (Å²) in [7, 11) is 0. The average molecular weight is 305 g/mol. The number of benzene rings is 2. The fourth-order valence-corrected chi connectivity index (χ4v) is 2.96. The Hall–Kier alpha value is -1.68. The highest BCUT2D eigenvalue weighted by atomic mass is 79.9. The number of hydrogen-bond donors (Lipinski definition) is 0. The van der Waals surface area contributed by atoms with Crippen molar-refractivity contribution in [1.82, 2.24) is 0 Å². The molecule has 18 heavy (non-hydrogen) atoms. The van der Waals surface area contributed by atoms with Crippen LogP contribution in [0.1, 0.15) is 33.2 Å². The van der Waals surface area contributed by atoms with Crippen molar-refractivity contribution in [3.63, 3.8) is 0 Å². The van der Waals surface area contributed by atoms with E-state index >= 15 is 0 Å². The van der Waals surface area contributed by atoms with Gasteiger partial charge in [-0.1, -0.05) is 35.0 Å². The van der Waals surface area contributed by atoms with Crippen molar-refractivity contribution in [3.8, 4) is 0 Å². The number of esters is 2. The fraction of sp³-hybridized carbons (Fsp3) is 0.143. The van der Waals surface area contributed by atoms with Crippen molar-refractivity contribution in [1.29, 1.82) is 0 Å². The molecule has 0 aromatic heterocycles. The van der Waals surface area contributed by atoms with Gasteiger partial charge in [0.25, 0.3) is 0 Å². The Morgan fingerprint density at radius 2 is 2.00 bits per heavy atom. The maximum atomic E-state index is 11.9. The van der Waals surface area contributed by atoms with Gasteiger partial charge in [0, 0.05) is 9.86 Å². The van der Waals surface area contributed by atoms with Gasteiger partial charge in [-0.2, -0.15) is 0 Å². The van der Waals surface area contributed by atoms with E-state index in [9.17, 15) is 9.59 Å². The third-order valence-corrected chi connectivity index (χ3v) is 3.84. The van der Waals surface area contributed by atoms with Crippen molar-refractivity contribution in [2.45, 2.75) is 13.3 Å². The molecule has 0 unspecified atom stereocenters. The van der Waals surface area contributed by atoms with Gasteiger partial charge in [-0.15, -0.1) is 0 Å². The molecule has 1 aliphatic rings. The van der Waals surface area contributed by atoms with Gasteiger partial charge < -0.3 is 4.74 Å². The molecule has 0 aliphatic carbocycles. The highest BCUT2D eigenvalue weighted by Gasteiger charge is 2.29. The Bertz CT molecular complexity index is 704. The molecule has 0 amide bonds. The zero-order chi connectivity index (χ0) is 12.9. The fourth-order valence-electron chi connectivity index (χ4n) is 2.36. The van der Waals surface area contributed by atoms with Gasteiger partial charge >= 0.3 is 11.9 Å². The van der Waals surface area contributed by atoms with Crippen LogP contribution in [-0.2, 0) is 11.2 Å². The molecule has 0 atom stereocenters. The first-order chi connectivity index (χ1) is 8.63. The van der Waals surface area contributed by atoms with Crippen LogP contribution >= 0.6 is 15.9 Å². The summed E-state index contributed by atoms with van der Waals surface area (Å²) >= 11 is 3.49. The number of carbonyl (C=O) groups excluding carboxylic acids is 2. The minimum Gasteiger partial charge on any atom is -0.386 e. The van der Waals surface area contributed by atoms with E-state index < -0.39 is 11.9 Å². The Kier molecular flexibility index (Phi) is 2.48. The summed E-state index contributed by atoms with van der Waals surface area (Å²) in [6.07, 6.45) is 0.710. The molecule has 0 spiro atoms. The molecule has 4 heteroatoms. The maximum Gasteiger partial charge on any atom is 0.346 e.